The van der Waals surface area contributed by atoms with Crippen LogP contribution in [0.15, 0.2) is 61.2 Å². The van der Waals surface area contributed by atoms with Crippen LogP contribution in [-0.2, 0) is 11.3 Å². The van der Waals surface area contributed by atoms with Gasteiger partial charge in [-0.3, -0.25) is 9.59 Å². The largest absolute Gasteiger partial charge is 0.348 e. The van der Waals surface area contributed by atoms with Gasteiger partial charge in [-0.25, -0.2) is 0 Å². The maximum Gasteiger partial charge on any atom is 0.243 e. The van der Waals surface area contributed by atoms with Crippen LogP contribution in [-0.4, -0.2) is 11.7 Å². The first-order chi connectivity index (χ1) is 10.1. The normalized spacial score (nSPS) is 9.95. The topological polar surface area (TPSA) is 46.2 Å². The summed E-state index contributed by atoms with van der Waals surface area (Å²) in [7, 11) is 0. The quantitative estimate of drug-likeness (QED) is 0.679. The van der Waals surface area contributed by atoms with Gasteiger partial charge in [-0.05, 0) is 23.8 Å². The zero-order valence-corrected chi connectivity index (χ0v) is 12.1. The summed E-state index contributed by atoms with van der Waals surface area (Å²) in [6, 6.07) is 14.0. The molecule has 21 heavy (non-hydrogen) atoms. The molecule has 2 aromatic carbocycles. The second kappa shape index (κ2) is 6.86. The van der Waals surface area contributed by atoms with Gasteiger partial charge in [-0.1, -0.05) is 54.6 Å². The Bertz CT molecular complexity index is 680. The van der Waals surface area contributed by atoms with E-state index < -0.39 is 0 Å². The molecule has 106 valence electrons. The number of carbonyl (C=O) groups excluding carboxylic acids is 2. The van der Waals surface area contributed by atoms with Crippen LogP contribution in [0.1, 0.15) is 21.5 Å². The van der Waals surface area contributed by atoms with Crippen LogP contribution in [0.3, 0.4) is 0 Å². The number of hydrogen-bond donors (Lipinski definition) is 1. The van der Waals surface area contributed by atoms with Gasteiger partial charge in [0, 0.05) is 22.7 Å². The second-order valence-corrected chi connectivity index (χ2v) is 4.85. The van der Waals surface area contributed by atoms with E-state index >= 15 is 0 Å². The Balaban J connectivity index is 2.33. The predicted molar refractivity (Wildman–Crippen MR) is 83.4 cm³/mol. The van der Waals surface area contributed by atoms with Crippen molar-refractivity contribution >= 4 is 23.3 Å². The monoisotopic (exact) mass is 299 g/mol. The van der Waals surface area contributed by atoms with Crippen molar-refractivity contribution in [2.45, 2.75) is 6.54 Å². The lowest BCUT2D eigenvalue weighted by atomic mass is 9.98. The molecule has 0 saturated carbocycles. The molecule has 0 aliphatic heterocycles. The van der Waals surface area contributed by atoms with Gasteiger partial charge in [0.25, 0.3) is 0 Å². The minimum absolute atomic E-state index is 0.124. The molecule has 0 fully saturated rings. The molecule has 1 N–H and O–H groups in total. The second-order valence-electron chi connectivity index (χ2n) is 4.42. The van der Waals surface area contributed by atoms with Gasteiger partial charge < -0.3 is 5.32 Å². The zero-order valence-electron chi connectivity index (χ0n) is 11.3. The summed E-state index contributed by atoms with van der Waals surface area (Å²) >= 11 is 5.98. The minimum Gasteiger partial charge on any atom is -0.348 e. The van der Waals surface area contributed by atoms with Gasteiger partial charge in [0.2, 0.25) is 5.91 Å². The number of halogens is 1. The molecule has 0 bridgehead atoms. The molecule has 0 spiro atoms. The average molecular weight is 300 g/mol. The number of nitrogens with one attached hydrogen (secondary N) is 1. The summed E-state index contributed by atoms with van der Waals surface area (Å²) in [4.78, 5) is 23.8. The van der Waals surface area contributed by atoms with Crippen LogP contribution >= 0.6 is 11.6 Å². The highest BCUT2D eigenvalue weighted by Crippen LogP contribution is 2.19. The standard InChI is InChI=1S/C17H14ClNO2/c1-2-16(20)19-11-13-8-9-14(18)10-15(13)17(21)12-6-4-3-5-7-12/h2-10H,1,11H2,(H,19,20). The van der Waals surface area contributed by atoms with E-state index in [2.05, 4.69) is 11.9 Å². The molecule has 0 aromatic heterocycles. The number of benzene rings is 2. The van der Waals surface area contributed by atoms with Gasteiger partial charge >= 0.3 is 0 Å². The van der Waals surface area contributed by atoms with Gasteiger partial charge in [-0.2, -0.15) is 0 Å². The fourth-order valence-electron chi connectivity index (χ4n) is 1.91. The first kappa shape index (κ1) is 15.0. The fourth-order valence-corrected chi connectivity index (χ4v) is 2.09. The number of hydrogen-bond acceptors (Lipinski definition) is 2. The molecule has 0 heterocycles. The van der Waals surface area contributed by atoms with Gasteiger partial charge in [0.1, 0.15) is 0 Å². The Labute approximate surface area is 128 Å². The molecule has 0 unspecified atom stereocenters. The summed E-state index contributed by atoms with van der Waals surface area (Å²) in [6.45, 7) is 3.64. The Morgan fingerprint density at radius 3 is 2.52 bits per heavy atom. The molecule has 0 radical (unpaired) electrons. The first-order valence-corrected chi connectivity index (χ1v) is 6.78. The molecule has 0 aliphatic rings. The van der Waals surface area contributed by atoms with Crippen LogP contribution in [0.2, 0.25) is 5.02 Å². The average Bonchev–Trinajstić information content (AvgIpc) is 2.53. The Morgan fingerprint density at radius 1 is 1.14 bits per heavy atom. The number of amides is 1. The summed E-state index contributed by atoms with van der Waals surface area (Å²) in [6.07, 6.45) is 1.19. The van der Waals surface area contributed by atoms with E-state index in [0.717, 1.165) is 0 Å². The molecular formula is C17H14ClNO2. The lowest BCUT2D eigenvalue weighted by Crippen LogP contribution is -2.21. The van der Waals surface area contributed by atoms with E-state index in [-0.39, 0.29) is 18.2 Å². The SMILES string of the molecule is C=CC(=O)NCc1ccc(Cl)cc1C(=O)c1ccccc1. The summed E-state index contributed by atoms with van der Waals surface area (Å²) in [5.74, 6) is -0.413. The van der Waals surface area contributed by atoms with Crippen molar-refractivity contribution in [3.05, 3.63) is 82.9 Å². The third-order valence-corrected chi connectivity index (χ3v) is 3.23. The molecule has 1 amide bonds. The van der Waals surface area contributed by atoms with E-state index in [1.807, 2.05) is 6.07 Å². The minimum atomic E-state index is -0.289. The van der Waals surface area contributed by atoms with Gasteiger partial charge in [0.15, 0.2) is 5.78 Å². The molecule has 2 rings (SSSR count). The van der Waals surface area contributed by atoms with Crippen LogP contribution < -0.4 is 5.32 Å². The molecular weight excluding hydrogens is 286 g/mol. The van der Waals surface area contributed by atoms with Crippen LogP contribution in [0.25, 0.3) is 0 Å². The highest BCUT2D eigenvalue weighted by Gasteiger charge is 2.14. The molecule has 0 aliphatic carbocycles. The first-order valence-electron chi connectivity index (χ1n) is 6.40. The number of ketones is 1. The third kappa shape index (κ3) is 3.80. The van der Waals surface area contributed by atoms with Crippen molar-refractivity contribution in [1.29, 1.82) is 0 Å². The molecule has 0 saturated heterocycles. The van der Waals surface area contributed by atoms with Crippen LogP contribution in [0.5, 0.6) is 0 Å². The van der Waals surface area contributed by atoms with Crippen molar-refractivity contribution in [3.63, 3.8) is 0 Å². The van der Waals surface area contributed by atoms with Crippen LogP contribution in [0.4, 0.5) is 0 Å². The third-order valence-electron chi connectivity index (χ3n) is 2.99. The molecule has 2 aromatic rings. The number of carbonyl (C=O) groups is 2. The van der Waals surface area contributed by atoms with Crippen molar-refractivity contribution < 1.29 is 9.59 Å². The Hall–Kier alpha value is -2.39. The lowest BCUT2D eigenvalue weighted by Gasteiger charge is -2.10. The maximum atomic E-state index is 12.5. The Kier molecular flexibility index (Phi) is 4.90. The van der Waals surface area contributed by atoms with E-state index in [1.54, 1.807) is 42.5 Å². The van der Waals surface area contributed by atoms with Crippen molar-refractivity contribution in [2.24, 2.45) is 0 Å². The van der Waals surface area contributed by atoms with Crippen molar-refractivity contribution in [2.75, 3.05) is 0 Å². The fraction of sp³-hybridized carbons (Fsp3) is 0.0588. The number of rotatable bonds is 5. The van der Waals surface area contributed by atoms with E-state index in [4.69, 9.17) is 11.6 Å². The maximum absolute atomic E-state index is 12.5. The van der Waals surface area contributed by atoms with Crippen molar-refractivity contribution in [3.8, 4) is 0 Å². The molecule has 4 heteroatoms. The Morgan fingerprint density at radius 2 is 1.86 bits per heavy atom. The summed E-state index contributed by atoms with van der Waals surface area (Å²) in [5, 5.41) is 3.14. The predicted octanol–water partition coefficient (Wildman–Crippen LogP) is 3.37. The van der Waals surface area contributed by atoms with Gasteiger partial charge in [0.05, 0.1) is 0 Å². The molecule has 0 atom stereocenters. The summed E-state index contributed by atoms with van der Waals surface area (Å²) in [5.41, 5.74) is 1.78. The van der Waals surface area contributed by atoms with Gasteiger partial charge in [-0.15, -0.1) is 0 Å². The smallest absolute Gasteiger partial charge is 0.243 e. The lowest BCUT2D eigenvalue weighted by molar-refractivity contribution is -0.116. The van der Waals surface area contributed by atoms with E-state index in [0.29, 0.717) is 21.7 Å². The van der Waals surface area contributed by atoms with E-state index in [9.17, 15) is 9.59 Å². The highest BCUT2D eigenvalue weighted by molar-refractivity contribution is 6.31. The summed E-state index contributed by atoms with van der Waals surface area (Å²) < 4.78 is 0. The van der Waals surface area contributed by atoms with Crippen LogP contribution in [0, 0.1) is 0 Å². The molecule has 3 nitrogen and oxygen atoms in total. The van der Waals surface area contributed by atoms with E-state index in [1.165, 1.54) is 6.08 Å². The zero-order chi connectivity index (χ0) is 15.2. The van der Waals surface area contributed by atoms with Crippen molar-refractivity contribution in [1.82, 2.24) is 5.32 Å². The highest BCUT2D eigenvalue weighted by atomic mass is 35.5.